The Hall–Kier alpha value is -1.24. The van der Waals surface area contributed by atoms with Crippen LogP contribution >= 0.6 is 27.3 Å². The number of thiazole rings is 1. The molecule has 0 spiro atoms. The Morgan fingerprint density at radius 3 is 2.62 bits per heavy atom. The number of aromatic nitrogens is 1. The zero-order chi connectivity index (χ0) is 14.9. The van der Waals surface area contributed by atoms with Crippen LogP contribution in [0, 0.1) is 0 Å². The first-order valence-electron chi connectivity index (χ1n) is 6.89. The van der Waals surface area contributed by atoms with Crippen LogP contribution in [-0.2, 0) is 4.79 Å². The number of amides is 1. The first-order chi connectivity index (χ1) is 10.1. The molecule has 0 bridgehead atoms. The molecule has 1 aromatic heterocycles. The maximum atomic E-state index is 12.3. The Bertz CT molecular complexity index is 647. The van der Waals surface area contributed by atoms with Gasteiger partial charge in [-0.1, -0.05) is 40.9 Å². The minimum atomic E-state index is -0.719. The third-order valence-electron chi connectivity index (χ3n) is 3.81. The molecule has 2 aromatic rings. The molecule has 0 radical (unpaired) electrons. The van der Waals surface area contributed by atoms with Crippen molar-refractivity contribution in [3.8, 4) is 11.3 Å². The van der Waals surface area contributed by atoms with E-state index in [1.165, 1.54) is 11.3 Å². The molecule has 3 rings (SSSR count). The molecule has 110 valence electrons. The number of anilines is 1. The molecule has 1 fully saturated rings. The highest BCUT2D eigenvalue weighted by Crippen LogP contribution is 2.30. The fourth-order valence-corrected chi connectivity index (χ4v) is 3.52. The first kappa shape index (κ1) is 14.7. The lowest BCUT2D eigenvalue weighted by Crippen LogP contribution is -2.48. The van der Waals surface area contributed by atoms with Crippen LogP contribution in [0.25, 0.3) is 11.3 Å². The fourth-order valence-electron chi connectivity index (χ4n) is 2.54. The Morgan fingerprint density at radius 1 is 1.29 bits per heavy atom. The molecule has 3 N–H and O–H groups in total. The van der Waals surface area contributed by atoms with Crippen LogP contribution in [0.2, 0.25) is 0 Å². The third-order valence-corrected chi connectivity index (χ3v) is 5.10. The number of hydrogen-bond donors (Lipinski definition) is 2. The molecule has 21 heavy (non-hydrogen) atoms. The average molecular weight is 366 g/mol. The van der Waals surface area contributed by atoms with Gasteiger partial charge in [-0.15, -0.1) is 11.3 Å². The Balaban J connectivity index is 1.73. The van der Waals surface area contributed by atoms with Crippen molar-refractivity contribution in [1.82, 2.24) is 4.98 Å². The van der Waals surface area contributed by atoms with E-state index >= 15 is 0 Å². The maximum Gasteiger partial charge on any atom is 0.246 e. The normalized spacial score (nSPS) is 16.9. The monoisotopic (exact) mass is 365 g/mol. The Labute approximate surface area is 135 Å². The average Bonchev–Trinajstić information content (AvgIpc) is 3.10. The van der Waals surface area contributed by atoms with Gasteiger partial charge >= 0.3 is 0 Å². The molecular formula is C15H16BrN3OS. The van der Waals surface area contributed by atoms with Crippen LogP contribution in [-0.4, -0.2) is 16.4 Å². The fraction of sp³-hybridized carbons (Fsp3) is 0.333. The summed E-state index contributed by atoms with van der Waals surface area (Å²) in [6.07, 6.45) is 3.55. The predicted octanol–water partition coefficient (Wildman–Crippen LogP) is 3.78. The van der Waals surface area contributed by atoms with Crippen LogP contribution in [0.4, 0.5) is 5.13 Å². The van der Waals surface area contributed by atoms with Crippen molar-refractivity contribution in [1.29, 1.82) is 0 Å². The highest BCUT2D eigenvalue weighted by molar-refractivity contribution is 9.10. The van der Waals surface area contributed by atoms with E-state index in [2.05, 4.69) is 26.2 Å². The molecule has 1 amide bonds. The van der Waals surface area contributed by atoms with Gasteiger partial charge in [-0.05, 0) is 25.0 Å². The van der Waals surface area contributed by atoms with Crippen LogP contribution in [0.1, 0.15) is 25.7 Å². The van der Waals surface area contributed by atoms with E-state index in [-0.39, 0.29) is 5.91 Å². The molecule has 0 saturated heterocycles. The first-order valence-corrected chi connectivity index (χ1v) is 8.56. The number of hydrogen-bond acceptors (Lipinski definition) is 4. The van der Waals surface area contributed by atoms with Crippen LogP contribution in [0.5, 0.6) is 0 Å². The number of halogens is 1. The minimum Gasteiger partial charge on any atom is -0.317 e. The zero-order valence-electron chi connectivity index (χ0n) is 11.4. The van der Waals surface area contributed by atoms with Gasteiger partial charge in [0.1, 0.15) is 0 Å². The molecule has 1 aliphatic carbocycles. The number of nitrogens with two attached hydrogens (primary N) is 1. The molecule has 1 saturated carbocycles. The quantitative estimate of drug-likeness (QED) is 0.869. The molecule has 1 heterocycles. The van der Waals surface area contributed by atoms with Crippen molar-refractivity contribution in [3.05, 3.63) is 34.1 Å². The van der Waals surface area contributed by atoms with Gasteiger partial charge in [-0.3, -0.25) is 4.79 Å². The van der Waals surface area contributed by atoms with E-state index in [0.29, 0.717) is 5.13 Å². The van der Waals surface area contributed by atoms with Gasteiger partial charge < -0.3 is 11.1 Å². The third kappa shape index (κ3) is 3.17. The van der Waals surface area contributed by atoms with Gasteiger partial charge in [0, 0.05) is 15.4 Å². The lowest BCUT2D eigenvalue weighted by Gasteiger charge is -2.21. The van der Waals surface area contributed by atoms with Crippen molar-refractivity contribution >= 4 is 38.3 Å². The van der Waals surface area contributed by atoms with Crippen LogP contribution < -0.4 is 11.1 Å². The highest BCUT2D eigenvalue weighted by Gasteiger charge is 2.37. The molecule has 1 aromatic carbocycles. The van der Waals surface area contributed by atoms with Crippen LogP contribution in [0.15, 0.2) is 34.1 Å². The smallest absolute Gasteiger partial charge is 0.246 e. The van der Waals surface area contributed by atoms with E-state index < -0.39 is 5.54 Å². The van der Waals surface area contributed by atoms with Crippen molar-refractivity contribution < 1.29 is 4.79 Å². The van der Waals surface area contributed by atoms with Gasteiger partial charge in [0.15, 0.2) is 5.13 Å². The van der Waals surface area contributed by atoms with E-state index in [9.17, 15) is 4.79 Å². The summed E-state index contributed by atoms with van der Waals surface area (Å²) >= 11 is 4.83. The second-order valence-corrected chi connectivity index (χ2v) is 7.14. The minimum absolute atomic E-state index is 0.114. The molecule has 4 nitrogen and oxygen atoms in total. The summed E-state index contributed by atoms with van der Waals surface area (Å²) < 4.78 is 1.03. The SMILES string of the molecule is NC1(C(=O)Nc2nc(-c3ccc(Br)cc3)cs2)CCCC1. The molecule has 6 heteroatoms. The van der Waals surface area contributed by atoms with Gasteiger partial charge in [-0.25, -0.2) is 4.98 Å². The standard InChI is InChI=1S/C15H16BrN3OS/c16-11-5-3-10(4-6-11)12-9-21-14(18-12)19-13(20)15(17)7-1-2-8-15/h3-6,9H,1-2,7-8,17H2,(H,18,19,20). The number of benzene rings is 1. The van der Waals surface area contributed by atoms with E-state index in [0.717, 1.165) is 41.4 Å². The predicted molar refractivity (Wildman–Crippen MR) is 89.3 cm³/mol. The van der Waals surface area contributed by atoms with E-state index in [1.807, 2.05) is 29.6 Å². The van der Waals surface area contributed by atoms with Crippen molar-refractivity contribution in [2.75, 3.05) is 5.32 Å². The lowest BCUT2D eigenvalue weighted by atomic mass is 9.98. The zero-order valence-corrected chi connectivity index (χ0v) is 13.8. The highest BCUT2D eigenvalue weighted by atomic mass is 79.9. The summed E-state index contributed by atoms with van der Waals surface area (Å²) in [5.41, 5.74) is 7.31. The number of carbonyl (C=O) groups excluding carboxylic acids is 1. The summed E-state index contributed by atoms with van der Waals surface area (Å²) in [5, 5.41) is 5.41. The largest absolute Gasteiger partial charge is 0.317 e. The van der Waals surface area contributed by atoms with Gasteiger partial charge in [-0.2, -0.15) is 0 Å². The van der Waals surface area contributed by atoms with Gasteiger partial charge in [0.25, 0.3) is 0 Å². The number of nitrogens with one attached hydrogen (secondary N) is 1. The number of carbonyl (C=O) groups is 1. The van der Waals surface area contributed by atoms with E-state index in [4.69, 9.17) is 5.73 Å². The topological polar surface area (TPSA) is 68.0 Å². The van der Waals surface area contributed by atoms with Crippen LogP contribution in [0.3, 0.4) is 0 Å². The lowest BCUT2D eigenvalue weighted by molar-refractivity contribution is -0.121. The van der Waals surface area contributed by atoms with E-state index in [1.54, 1.807) is 0 Å². The summed E-state index contributed by atoms with van der Waals surface area (Å²) in [6, 6.07) is 7.93. The molecular weight excluding hydrogens is 350 g/mol. The molecule has 1 aliphatic rings. The molecule has 0 atom stereocenters. The van der Waals surface area contributed by atoms with Crippen molar-refractivity contribution in [2.45, 2.75) is 31.2 Å². The van der Waals surface area contributed by atoms with Crippen molar-refractivity contribution in [2.24, 2.45) is 5.73 Å². The Morgan fingerprint density at radius 2 is 1.95 bits per heavy atom. The summed E-state index contributed by atoms with van der Waals surface area (Å²) in [5.74, 6) is -0.114. The Kier molecular flexibility index (Phi) is 4.10. The number of rotatable bonds is 3. The second kappa shape index (κ2) is 5.87. The molecule has 0 unspecified atom stereocenters. The second-order valence-electron chi connectivity index (χ2n) is 5.36. The van der Waals surface area contributed by atoms with Gasteiger partial charge in [0.05, 0.1) is 11.2 Å². The molecule has 0 aliphatic heterocycles. The number of nitrogens with zero attached hydrogens (tertiary/aromatic N) is 1. The summed E-state index contributed by atoms with van der Waals surface area (Å²) in [4.78, 5) is 16.7. The maximum absolute atomic E-state index is 12.3. The summed E-state index contributed by atoms with van der Waals surface area (Å²) in [7, 11) is 0. The summed E-state index contributed by atoms with van der Waals surface area (Å²) in [6.45, 7) is 0. The van der Waals surface area contributed by atoms with Crippen molar-refractivity contribution in [3.63, 3.8) is 0 Å². The van der Waals surface area contributed by atoms with Gasteiger partial charge in [0.2, 0.25) is 5.91 Å².